The van der Waals surface area contributed by atoms with Gasteiger partial charge < -0.3 is 14.3 Å². The quantitative estimate of drug-likeness (QED) is 0.338. The van der Waals surface area contributed by atoms with E-state index in [1.807, 2.05) is 73.7 Å². The molecule has 6 nitrogen and oxygen atoms in total. The molecule has 6 rings (SSSR count). The lowest BCUT2D eigenvalue weighted by Crippen LogP contribution is -2.47. The lowest BCUT2D eigenvalue weighted by Gasteiger charge is -2.37. The van der Waals surface area contributed by atoms with E-state index in [0.29, 0.717) is 30.5 Å². The molecule has 0 bridgehead atoms. The molecule has 0 saturated carbocycles. The summed E-state index contributed by atoms with van der Waals surface area (Å²) in [4.78, 5) is 13.9. The van der Waals surface area contributed by atoms with Crippen molar-refractivity contribution in [2.75, 3.05) is 36.0 Å². The van der Waals surface area contributed by atoms with Gasteiger partial charge in [-0.25, -0.2) is 9.37 Å². The average Bonchev–Trinajstić information content (AvgIpc) is 3.39. The highest BCUT2D eigenvalue weighted by molar-refractivity contribution is 5.94. The molecule has 2 aromatic heterocycles. The number of anilines is 2. The van der Waals surface area contributed by atoms with Crippen LogP contribution in [0.15, 0.2) is 83.4 Å². The average molecular weight is 466 g/mol. The van der Waals surface area contributed by atoms with Crippen molar-refractivity contribution in [2.24, 2.45) is 0 Å². The Morgan fingerprint density at radius 2 is 1.57 bits per heavy atom. The zero-order chi connectivity index (χ0) is 23.8. The Kier molecular flexibility index (Phi) is 5.37. The van der Waals surface area contributed by atoms with E-state index in [9.17, 15) is 4.39 Å². The van der Waals surface area contributed by atoms with Gasteiger partial charge in [-0.05, 0) is 37.3 Å². The van der Waals surface area contributed by atoms with E-state index < -0.39 is 0 Å². The van der Waals surface area contributed by atoms with E-state index in [1.54, 1.807) is 6.07 Å². The van der Waals surface area contributed by atoms with Crippen LogP contribution < -0.4 is 9.80 Å². The summed E-state index contributed by atoms with van der Waals surface area (Å²) in [5.74, 6) is 1.69. The number of halogens is 1. The van der Waals surface area contributed by atoms with E-state index in [-0.39, 0.29) is 5.82 Å². The first kappa shape index (κ1) is 21.3. The molecule has 0 radical (unpaired) electrons. The van der Waals surface area contributed by atoms with Crippen LogP contribution in [0.1, 0.15) is 5.56 Å². The third kappa shape index (κ3) is 4.10. The van der Waals surface area contributed by atoms with Crippen LogP contribution in [0.2, 0.25) is 0 Å². The summed E-state index contributed by atoms with van der Waals surface area (Å²) < 4.78 is 20.0. The smallest absolute Gasteiger partial charge is 0.259 e. The fraction of sp³-hybridized carbons (Fsp3) is 0.179. The van der Waals surface area contributed by atoms with Crippen molar-refractivity contribution in [1.29, 1.82) is 0 Å². The van der Waals surface area contributed by atoms with Crippen LogP contribution >= 0.6 is 0 Å². The number of aryl methyl sites for hydroxylation is 1. The van der Waals surface area contributed by atoms with Gasteiger partial charge in [-0.3, -0.25) is 0 Å². The summed E-state index contributed by atoms with van der Waals surface area (Å²) in [6.07, 6.45) is 0. The zero-order valence-electron chi connectivity index (χ0n) is 19.4. The van der Waals surface area contributed by atoms with Gasteiger partial charge in [0.1, 0.15) is 11.6 Å². The lowest BCUT2D eigenvalue weighted by atomic mass is 10.1. The van der Waals surface area contributed by atoms with Crippen LogP contribution in [-0.4, -0.2) is 41.3 Å². The molecular weight excluding hydrogens is 441 g/mol. The Bertz CT molecular complexity index is 1510. The van der Waals surface area contributed by atoms with Gasteiger partial charge in [-0.15, -0.1) is 0 Å². The number of nitrogens with zero attached hydrogens (tertiary/aromatic N) is 5. The van der Waals surface area contributed by atoms with Gasteiger partial charge in [0.15, 0.2) is 0 Å². The number of fused-ring (bicyclic) bond motifs is 1. The summed E-state index contributed by atoms with van der Waals surface area (Å²) in [5, 5.41) is 5.20. The molecule has 1 saturated heterocycles. The van der Waals surface area contributed by atoms with Crippen LogP contribution in [0.25, 0.3) is 33.7 Å². The van der Waals surface area contributed by atoms with Crippen LogP contribution in [0.4, 0.5) is 15.9 Å². The third-order valence-corrected chi connectivity index (χ3v) is 6.43. The Labute approximate surface area is 202 Å². The van der Waals surface area contributed by atoms with Gasteiger partial charge >= 0.3 is 0 Å². The van der Waals surface area contributed by atoms with Gasteiger partial charge in [0, 0.05) is 37.1 Å². The number of hydrogen-bond donors (Lipinski definition) is 0. The van der Waals surface area contributed by atoms with Crippen molar-refractivity contribution >= 4 is 22.4 Å². The van der Waals surface area contributed by atoms with E-state index in [1.165, 1.54) is 6.07 Å². The monoisotopic (exact) mass is 465 g/mol. The zero-order valence-corrected chi connectivity index (χ0v) is 19.4. The largest absolute Gasteiger partial charge is 0.366 e. The highest BCUT2D eigenvalue weighted by Crippen LogP contribution is 2.32. The van der Waals surface area contributed by atoms with Crippen molar-refractivity contribution in [3.63, 3.8) is 0 Å². The molecule has 0 N–H and O–H groups in total. The highest BCUT2D eigenvalue weighted by Gasteiger charge is 2.22. The van der Waals surface area contributed by atoms with E-state index in [4.69, 9.17) is 14.5 Å². The maximum atomic E-state index is 14.3. The van der Waals surface area contributed by atoms with Gasteiger partial charge in [-0.1, -0.05) is 59.3 Å². The summed E-state index contributed by atoms with van der Waals surface area (Å²) in [6, 6.07) is 25.0. The lowest BCUT2D eigenvalue weighted by molar-refractivity contribution is 0.432. The molecule has 1 aliphatic rings. The number of hydrogen-bond acceptors (Lipinski definition) is 6. The van der Waals surface area contributed by atoms with Crippen LogP contribution in [0, 0.1) is 12.7 Å². The second-order valence-corrected chi connectivity index (χ2v) is 8.76. The predicted octanol–water partition coefficient (Wildman–Crippen LogP) is 5.73. The van der Waals surface area contributed by atoms with Crippen LogP contribution in [0.3, 0.4) is 0 Å². The number of piperazine rings is 1. The SMILES string of the molecule is Cc1cccc(-c2noc(-c3cc(N4CCN(c5ccccc5F)CC4)nc4ccccc34)n2)c1. The van der Waals surface area contributed by atoms with E-state index >= 15 is 0 Å². The highest BCUT2D eigenvalue weighted by atomic mass is 19.1. The number of pyridine rings is 1. The molecule has 0 spiro atoms. The number of rotatable bonds is 4. The Morgan fingerprint density at radius 3 is 2.40 bits per heavy atom. The predicted molar refractivity (Wildman–Crippen MR) is 136 cm³/mol. The van der Waals surface area contributed by atoms with Crippen molar-refractivity contribution in [1.82, 2.24) is 15.1 Å². The van der Waals surface area contributed by atoms with Crippen molar-refractivity contribution in [3.05, 3.63) is 90.2 Å². The molecule has 3 aromatic carbocycles. The molecule has 1 fully saturated rings. The van der Waals surface area contributed by atoms with Gasteiger partial charge in [0.05, 0.1) is 16.8 Å². The van der Waals surface area contributed by atoms with Gasteiger partial charge in [-0.2, -0.15) is 4.98 Å². The molecule has 35 heavy (non-hydrogen) atoms. The third-order valence-electron chi connectivity index (χ3n) is 6.43. The van der Waals surface area contributed by atoms with E-state index in [2.05, 4.69) is 15.0 Å². The minimum absolute atomic E-state index is 0.187. The van der Waals surface area contributed by atoms with Gasteiger partial charge in [0.25, 0.3) is 5.89 Å². The second kappa shape index (κ2) is 8.83. The Hall–Kier alpha value is -4.26. The molecule has 5 aromatic rings. The molecule has 7 heteroatoms. The maximum Gasteiger partial charge on any atom is 0.259 e. The van der Waals surface area contributed by atoms with Crippen LogP contribution in [0.5, 0.6) is 0 Å². The second-order valence-electron chi connectivity index (χ2n) is 8.76. The molecule has 0 atom stereocenters. The van der Waals surface area contributed by atoms with Crippen molar-refractivity contribution < 1.29 is 8.91 Å². The summed E-state index contributed by atoms with van der Waals surface area (Å²) in [5.41, 5.74) is 4.43. The van der Waals surface area contributed by atoms with Crippen molar-refractivity contribution in [2.45, 2.75) is 6.92 Å². The fourth-order valence-corrected chi connectivity index (χ4v) is 4.62. The summed E-state index contributed by atoms with van der Waals surface area (Å²) in [6.45, 7) is 4.93. The summed E-state index contributed by atoms with van der Waals surface area (Å²) >= 11 is 0. The Balaban J connectivity index is 1.33. The number of benzene rings is 3. The van der Waals surface area contributed by atoms with Crippen molar-refractivity contribution in [3.8, 4) is 22.8 Å². The summed E-state index contributed by atoms with van der Waals surface area (Å²) in [7, 11) is 0. The van der Waals surface area contributed by atoms with E-state index in [0.717, 1.165) is 46.5 Å². The molecule has 0 unspecified atom stereocenters. The minimum Gasteiger partial charge on any atom is -0.366 e. The molecule has 174 valence electrons. The number of aromatic nitrogens is 3. The molecule has 3 heterocycles. The normalized spacial score (nSPS) is 14.0. The first-order chi connectivity index (χ1) is 17.2. The topological polar surface area (TPSA) is 58.3 Å². The molecule has 0 aliphatic carbocycles. The fourth-order valence-electron chi connectivity index (χ4n) is 4.62. The molecule has 1 aliphatic heterocycles. The van der Waals surface area contributed by atoms with Gasteiger partial charge in [0.2, 0.25) is 5.82 Å². The molecular formula is C28H24FN5O. The molecule has 0 amide bonds. The van der Waals surface area contributed by atoms with Crippen LogP contribution in [-0.2, 0) is 0 Å². The minimum atomic E-state index is -0.187. The Morgan fingerprint density at radius 1 is 0.800 bits per heavy atom. The first-order valence-corrected chi connectivity index (χ1v) is 11.7. The standard InChI is InChI=1S/C28H24FN5O/c1-19-7-6-8-20(17-19)27-31-28(35-32-27)22-18-26(30-24-11-4-2-9-21(22)24)34-15-13-33(14-16-34)25-12-5-3-10-23(25)29/h2-12,17-18H,13-16H2,1H3. The maximum absolute atomic E-state index is 14.3. The number of para-hydroxylation sites is 2. The first-order valence-electron chi connectivity index (χ1n) is 11.7.